The number of aldehydes is 1. The number of rotatable bonds is 6. The quantitative estimate of drug-likeness (QED) is 0.483. The van der Waals surface area contributed by atoms with E-state index in [1.807, 2.05) is 13.8 Å². The molecular formula is C9H17NO2. The Hall–Kier alpha value is -0.860. The second kappa shape index (κ2) is 4.91. The fourth-order valence-electron chi connectivity index (χ4n) is 0.918. The van der Waals surface area contributed by atoms with Crippen LogP contribution in [0.25, 0.3) is 0 Å². The van der Waals surface area contributed by atoms with Gasteiger partial charge in [0.2, 0.25) is 5.91 Å². The Balaban J connectivity index is 3.61. The van der Waals surface area contributed by atoms with Gasteiger partial charge in [0.1, 0.15) is 6.29 Å². The predicted molar refractivity (Wildman–Crippen MR) is 47.5 cm³/mol. The molecule has 12 heavy (non-hydrogen) atoms. The van der Waals surface area contributed by atoms with E-state index in [4.69, 9.17) is 5.73 Å². The minimum Gasteiger partial charge on any atom is -0.369 e. The fraction of sp³-hybridized carbons (Fsp3) is 0.778. The van der Waals surface area contributed by atoms with Gasteiger partial charge in [-0.2, -0.15) is 0 Å². The highest BCUT2D eigenvalue weighted by Crippen LogP contribution is 2.22. The highest BCUT2D eigenvalue weighted by Gasteiger charge is 2.23. The van der Waals surface area contributed by atoms with E-state index in [9.17, 15) is 9.59 Å². The number of primary amides is 1. The molecular weight excluding hydrogens is 154 g/mol. The van der Waals surface area contributed by atoms with Gasteiger partial charge < -0.3 is 10.5 Å². The summed E-state index contributed by atoms with van der Waals surface area (Å²) in [6.07, 6.45) is 3.97. The van der Waals surface area contributed by atoms with Crippen molar-refractivity contribution < 1.29 is 9.59 Å². The van der Waals surface area contributed by atoms with E-state index >= 15 is 0 Å². The van der Waals surface area contributed by atoms with E-state index in [1.165, 1.54) is 0 Å². The molecule has 0 aromatic rings. The first-order valence-electron chi connectivity index (χ1n) is 4.24. The van der Waals surface area contributed by atoms with Gasteiger partial charge in [0.25, 0.3) is 0 Å². The molecule has 0 spiro atoms. The zero-order chi connectivity index (χ0) is 9.61. The number of hydrogen-bond acceptors (Lipinski definition) is 2. The Morgan fingerprint density at radius 1 is 1.42 bits per heavy atom. The van der Waals surface area contributed by atoms with Gasteiger partial charge >= 0.3 is 0 Å². The summed E-state index contributed by atoms with van der Waals surface area (Å²) >= 11 is 0. The SMILES string of the molecule is CC(C)(CCCCC=O)C(N)=O. The van der Waals surface area contributed by atoms with Gasteiger partial charge in [0.15, 0.2) is 0 Å². The van der Waals surface area contributed by atoms with Gasteiger partial charge in [-0.3, -0.25) is 4.79 Å². The molecule has 0 atom stereocenters. The molecule has 0 radical (unpaired) electrons. The first kappa shape index (κ1) is 11.1. The Labute approximate surface area is 73.3 Å². The third-order valence-corrected chi connectivity index (χ3v) is 2.04. The highest BCUT2D eigenvalue weighted by molar-refractivity contribution is 5.79. The van der Waals surface area contributed by atoms with Gasteiger partial charge in [0, 0.05) is 11.8 Å². The standard InChI is InChI=1S/C9H17NO2/c1-9(2,8(10)12)6-4-3-5-7-11/h7H,3-6H2,1-2H3,(H2,10,12). The molecule has 1 amide bonds. The molecule has 0 aromatic heterocycles. The molecule has 0 rings (SSSR count). The first-order valence-corrected chi connectivity index (χ1v) is 4.24. The van der Waals surface area contributed by atoms with Crippen LogP contribution in [0.1, 0.15) is 39.5 Å². The molecule has 0 saturated carbocycles. The van der Waals surface area contributed by atoms with Crippen molar-refractivity contribution in [3.8, 4) is 0 Å². The molecule has 0 heterocycles. The second-order valence-electron chi connectivity index (χ2n) is 3.66. The Morgan fingerprint density at radius 3 is 2.42 bits per heavy atom. The van der Waals surface area contributed by atoms with Crippen LogP contribution in [0.2, 0.25) is 0 Å². The zero-order valence-electron chi connectivity index (χ0n) is 7.80. The number of amides is 1. The van der Waals surface area contributed by atoms with E-state index in [1.54, 1.807) is 0 Å². The minimum absolute atomic E-state index is 0.270. The average molecular weight is 171 g/mol. The van der Waals surface area contributed by atoms with Crippen molar-refractivity contribution in [1.29, 1.82) is 0 Å². The molecule has 0 saturated heterocycles. The maximum atomic E-state index is 10.8. The molecule has 3 nitrogen and oxygen atoms in total. The maximum absolute atomic E-state index is 10.8. The van der Waals surface area contributed by atoms with Crippen LogP contribution < -0.4 is 5.73 Å². The van der Waals surface area contributed by atoms with E-state index in [-0.39, 0.29) is 5.91 Å². The summed E-state index contributed by atoms with van der Waals surface area (Å²) in [6.45, 7) is 3.66. The maximum Gasteiger partial charge on any atom is 0.223 e. The van der Waals surface area contributed by atoms with Crippen LogP contribution in [0.3, 0.4) is 0 Å². The molecule has 0 bridgehead atoms. The van der Waals surface area contributed by atoms with Crippen molar-refractivity contribution in [1.82, 2.24) is 0 Å². The molecule has 2 N–H and O–H groups in total. The number of hydrogen-bond donors (Lipinski definition) is 1. The minimum atomic E-state index is -0.428. The highest BCUT2D eigenvalue weighted by atomic mass is 16.1. The van der Waals surface area contributed by atoms with Crippen LogP contribution in [0.15, 0.2) is 0 Å². The summed E-state index contributed by atoms with van der Waals surface area (Å²) in [5, 5.41) is 0. The van der Waals surface area contributed by atoms with Crippen molar-refractivity contribution in [2.24, 2.45) is 11.1 Å². The summed E-state index contributed by atoms with van der Waals surface area (Å²) < 4.78 is 0. The second-order valence-corrected chi connectivity index (χ2v) is 3.66. The topological polar surface area (TPSA) is 60.2 Å². The summed E-state index contributed by atoms with van der Waals surface area (Å²) in [6, 6.07) is 0. The van der Waals surface area contributed by atoms with E-state index < -0.39 is 5.41 Å². The zero-order valence-corrected chi connectivity index (χ0v) is 7.80. The fourth-order valence-corrected chi connectivity index (χ4v) is 0.918. The van der Waals surface area contributed by atoms with Crippen molar-refractivity contribution in [2.75, 3.05) is 0 Å². The van der Waals surface area contributed by atoms with Crippen molar-refractivity contribution in [3.05, 3.63) is 0 Å². The van der Waals surface area contributed by atoms with Crippen LogP contribution >= 0.6 is 0 Å². The third-order valence-electron chi connectivity index (χ3n) is 2.04. The molecule has 0 aliphatic rings. The van der Waals surface area contributed by atoms with Crippen LogP contribution in [0.4, 0.5) is 0 Å². The van der Waals surface area contributed by atoms with Gasteiger partial charge in [-0.25, -0.2) is 0 Å². The first-order chi connectivity index (χ1) is 5.50. The van der Waals surface area contributed by atoms with Gasteiger partial charge in [-0.05, 0) is 12.8 Å². The summed E-state index contributed by atoms with van der Waals surface area (Å²) in [5.74, 6) is -0.270. The summed E-state index contributed by atoms with van der Waals surface area (Å²) in [5.41, 5.74) is 4.75. The lowest BCUT2D eigenvalue weighted by Gasteiger charge is -2.19. The Kier molecular flexibility index (Phi) is 4.55. The molecule has 0 aliphatic carbocycles. The van der Waals surface area contributed by atoms with Crippen LogP contribution in [0.5, 0.6) is 0 Å². The number of nitrogens with two attached hydrogens (primary N) is 1. The van der Waals surface area contributed by atoms with Crippen molar-refractivity contribution in [3.63, 3.8) is 0 Å². The third kappa shape index (κ3) is 4.11. The normalized spacial score (nSPS) is 11.2. The van der Waals surface area contributed by atoms with E-state index in [0.29, 0.717) is 6.42 Å². The average Bonchev–Trinajstić information content (AvgIpc) is 1.98. The predicted octanol–water partition coefficient (Wildman–Crippen LogP) is 1.26. The number of carbonyl (C=O) groups excluding carboxylic acids is 2. The monoisotopic (exact) mass is 171 g/mol. The Bertz CT molecular complexity index is 164. The Morgan fingerprint density at radius 2 is 2.00 bits per heavy atom. The van der Waals surface area contributed by atoms with E-state index in [2.05, 4.69) is 0 Å². The van der Waals surface area contributed by atoms with Crippen LogP contribution in [-0.2, 0) is 9.59 Å². The number of unbranched alkanes of at least 4 members (excludes halogenated alkanes) is 2. The lowest BCUT2D eigenvalue weighted by atomic mass is 9.86. The van der Waals surface area contributed by atoms with Gasteiger partial charge in [-0.1, -0.05) is 20.3 Å². The van der Waals surface area contributed by atoms with Gasteiger partial charge in [0.05, 0.1) is 0 Å². The molecule has 0 aromatic carbocycles. The molecule has 0 aliphatic heterocycles. The molecule has 3 heteroatoms. The summed E-state index contributed by atoms with van der Waals surface area (Å²) in [7, 11) is 0. The van der Waals surface area contributed by atoms with Gasteiger partial charge in [-0.15, -0.1) is 0 Å². The smallest absolute Gasteiger partial charge is 0.223 e. The lowest BCUT2D eigenvalue weighted by molar-refractivity contribution is -0.126. The number of carbonyl (C=O) groups is 2. The molecule has 70 valence electrons. The molecule has 0 fully saturated rings. The molecule has 0 unspecified atom stereocenters. The van der Waals surface area contributed by atoms with Crippen LogP contribution in [0, 0.1) is 5.41 Å². The summed E-state index contributed by atoms with van der Waals surface area (Å²) in [4.78, 5) is 20.8. The lowest BCUT2D eigenvalue weighted by Crippen LogP contribution is -2.31. The van der Waals surface area contributed by atoms with E-state index in [0.717, 1.165) is 25.5 Å². The van der Waals surface area contributed by atoms with Crippen LogP contribution in [-0.4, -0.2) is 12.2 Å². The van der Waals surface area contributed by atoms with Crippen molar-refractivity contribution >= 4 is 12.2 Å². The van der Waals surface area contributed by atoms with Crippen molar-refractivity contribution in [2.45, 2.75) is 39.5 Å². The largest absolute Gasteiger partial charge is 0.369 e.